The summed E-state index contributed by atoms with van der Waals surface area (Å²) < 4.78 is 0. The van der Waals surface area contributed by atoms with Crippen LogP contribution in [0.2, 0.25) is 0 Å². The number of nitrogens with two attached hydrogens (primary N) is 1. The van der Waals surface area contributed by atoms with Gasteiger partial charge in [-0.1, -0.05) is 12.1 Å². The zero-order valence-corrected chi connectivity index (χ0v) is 10.5. The van der Waals surface area contributed by atoms with Gasteiger partial charge in [0.1, 0.15) is 0 Å². The first-order valence-corrected chi connectivity index (χ1v) is 6.51. The Kier molecular flexibility index (Phi) is 2.81. The second kappa shape index (κ2) is 4.31. The fourth-order valence-electron chi connectivity index (χ4n) is 3.18. The molecule has 0 saturated carbocycles. The van der Waals surface area contributed by atoms with Crippen molar-refractivity contribution in [1.82, 2.24) is 9.80 Å². The SMILES string of the molecule is CN1CC2CC1CN2CCc1ccc(N)cc1. The van der Waals surface area contributed by atoms with Crippen molar-refractivity contribution in [2.45, 2.75) is 24.9 Å². The molecule has 0 spiro atoms. The molecule has 1 aromatic carbocycles. The third kappa shape index (κ3) is 2.17. The van der Waals surface area contributed by atoms with Gasteiger partial charge in [-0.2, -0.15) is 0 Å². The van der Waals surface area contributed by atoms with E-state index in [0.717, 1.165) is 24.2 Å². The number of nitrogens with zero attached hydrogens (tertiary/aromatic N) is 2. The lowest BCUT2D eigenvalue weighted by atomic mass is 10.1. The molecule has 2 fully saturated rings. The van der Waals surface area contributed by atoms with Crippen LogP contribution in [-0.4, -0.2) is 48.6 Å². The number of likely N-dealkylation sites (tertiary alicyclic amines) is 2. The van der Waals surface area contributed by atoms with E-state index in [2.05, 4.69) is 29.0 Å². The second-order valence-electron chi connectivity index (χ2n) is 5.47. The molecule has 2 saturated heterocycles. The Hall–Kier alpha value is -1.06. The Bertz CT molecular complexity index is 385. The van der Waals surface area contributed by atoms with Gasteiger partial charge in [0.25, 0.3) is 0 Å². The molecule has 2 heterocycles. The average molecular weight is 231 g/mol. The van der Waals surface area contributed by atoms with E-state index in [9.17, 15) is 0 Å². The lowest BCUT2D eigenvalue weighted by Crippen LogP contribution is -2.45. The smallest absolute Gasteiger partial charge is 0.0314 e. The summed E-state index contributed by atoms with van der Waals surface area (Å²) >= 11 is 0. The molecule has 2 atom stereocenters. The van der Waals surface area contributed by atoms with Crippen LogP contribution in [0.15, 0.2) is 24.3 Å². The normalized spacial score (nSPS) is 29.0. The monoisotopic (exact) mass is 231 g/mol. The molecular weight excluding hydrogens is 210 g/mol. The van der Waals surface area contributed by atoms with Gasteiger partial charge in [0, 0.05) is 37.4 Å². The van der Waals surface area contributed by atoms with Crippen molar-refractivity contribution in [3.8, 4) is 0 Å². The minimum atomic E-state index is 0.804. The van der Waals surface area contributed by atoms with Crippen LogP contribution in [0, 0.1) is 0 Å². The van der Waals surface area contributed by atoms with Crippen molar-refractivity contribution in [2.75, 3.05) is 32.4 Å². The lowest BCUT2D eigenvalue weighted by molar-refractivity contribution is 0.151. The van der Waals surface area contributed by atoms with Gasteiger partial charge in [-0.3, -0.25) is 4.90 Å². The van der Waals surface area contributed by atoms with Gasteiger partial charge < -0.3 is 10.6 Å². The highest BCUT2D eigenvalue weighted by molar-refractivity contribution is 5.39. The summed E-state index contributed by atoms with van der Waals surface area (Å²) in [4.78, 5) is 5.16. The van der Waals surface area contributed by atoms with E-state index in [1.165, 1.54) is 31.6 Å². The Morgan fingerprint density at radius 1 is 1.18 bits per heavy atom. The number of benzene rings is 1. The molecule has 0 radical (unpaired) electrons. The molecule has 3 heteroatoms. The number of fused-ring (bicyclic) bond motifs is 2. The lowest BCUT2D eigenvalue weighted by Gasteiger charge is -2.31. The standard InChI is InChI=1S/C14H21N3/c1-16-9-14-8-13(16)10-17(14)7-6-11-2-4-12(15)5-3-11/h2-5,13-14H,6-10,15H2,1H3. The summed E-state index contributed by atoms with van der Waals surface area (Å²) in [5, 5.41) is 0. The number of hydrogen-bond acceptors (Lipinski definition) is 3. The molecule has 2 bridgehead atoms. The summed E-state index contributed by atoms with van der Waals surface area (Å²) in [5.41, 5.74) is 7.95. The van der Waals surface area contributed by atoms with Crippen LogP contribution in [0.4, 0.5) is 5.69 Å². The third-order valence-electron chi connectivity index (χ3n) is 4.30. The summed E-state index contributed by atoms with van der Waals surface area (Å²) in [5.74, 6) is 0. The van der Waals surface area contributed by atoms with E-state index in [0.29, 0.717) is 0 Å². The Balaban J connectivity index is 1.54. The number of likely N-dealkylation sites (N-methyl/N-ethyl adjacent to an activating group) is 1. The number of hydrogen-bond donors (Lipinski definition) is 1. The average Bonchev–Trinajstić information content (AvgIpc) is 2.87. The Labute approximate surface area is 103 Å². The molecule has 1 aromatic rings. The molecule has 0 amide bonds. The van der Waals surface area contributed by atoms with Crippen LogP contribution in [0.1, 0.15) is 12.0 Å². The topological polar surface area (TPSA) is 32.5 Å². The van der Waals surface area contributed by atoms with Crippen molar-refractivity contribution in [2.24, 2.45) is 0 Å². The van der Waals surface area contributed by atoms with Gasteiger partial charge in [-0.15, -0.1) is 0 Å². The minimum Gasteiger partial charge on any atom is -0.399 e. The molecule has 2 aliphatic heterocycles. The van der Waals surface area contributed by atoms with Crippen LogP contribution in [0.5, 0.6) is 0 Å². The molecule has 2 N–H and O–H groups in total. The highest BCUT2D eigenvalue weighted by Crippen LogP contribution is 2.29. The highest BCUT2D eigenvalue weighted by Gasteiger charge is 2.40. The van der Waals surface area contributed by atoms with Crippen molar-refractivity contribution in [3.05, 3.63) is 29.8 Å². The fourth-order valence-corrected chi connectivity index (χ4v) is 3.18. The minimum absolute atomic E-state index is 0.804. The Morgan fingerprint density at radius 3 is 2.53 bits per heavy atom. The predicted octanol–water partition coefficient (Wildman–Crippen LogP) is 1.20. The zero-order valence-electron chi connectivity index (χ0n) is 10.5. The summed E-state index contributed by atoms with van der Waals surface area (Å²) in [6, 6.07) is 9.91. The molecule has 2 aliphatic rings. The van der Waals surface area contributed by atoms with Crippen molar-refractivity contribution in [3.63, 3.8) is 0 Å². The van der Waals surface area contributed by atoms with Gasteiger partial charge in [0.15, 0.2) is 0 Å². The molecule has 2 unspecified atom stereocenters. The number of piperazine rings is 1. The van der Waals surface area contributed by atoms with E-state index in [1.54, 1.807) is 0 Å². The van der Waals surface area contributed by atoms with Crippen molar-refractivity contribution < 1.29 is 0 Å². The van der Waals surface area contributed by atoms with Gasteiger partial charge in [-0.05, 0) is 37.6 Å². The third-order valence-corrected chi connectivity index (χ3v) is 4.30. The van der Waals surface area contributed by atoms with Crippen LogP contribution < -0.4 is 5.73 Å². The zero-order chi connectivity index (χ0) is 11.8. The molecule has 3 rings (SSSR count). The second-order valence-corrected chi connectivity index (χ2v) is 5.47. The first-order valence-electron chi connectivity index (χ1n) is 6.51. The van der Waals surface area contributed by atoms with Crippen LogP contribution in [0.3, 0.4) is 0 Å². The van der Waals surface area contributed by atoms with E-state index in [-0.39, 0.29) is 0 Å². The maximum Gasteiger partial charge on any atom is 0.0314 e. The van der Waals surface area contributed by atoms with Crippen molar-refractivity contribution in [1.29, 1.82) is 0 Å². The van der Waals surface area contributed by atoms with Crippen LogP contribution in [-0.2, 0) is 6.42 Å². The fraction of sp³-hybridized carbons (Fsp3) is 0.571. The molecule has 0 aromatic heterocycles. The first-order chi connectivity index (χ1) is 8.22. The molecule has 92 valence electrons. The van der Waals surface area contributed by atoms with Gasteiger partial charge in [-0.25, -0.2) is 0 Å². The summed E-state index contributed by atoms with van der Waals surface area (Å²) in [6.07, 6.45) is 2.52. The number of nitrogen functional groups attached to an aromatic ring is 1. The van der Waals surface area contributed by atoms with E-state index in [4.69, 9.17) is 5.73 Å². The maximum absolute atomic E-state index is 5.69. The van der Waals surface area contributed by atoms with Crippen LogP contribution in [0.25, 0.3) is 0 Å². The number of rotatable bonds is 3. The molecule has 3 nitrogen and oxygen atoms in total. The quantitative estimate of drug-likeness (QED) is 0.793. The molecular formula is C14H21N3. The van der Waals surface area contributed by atoms with E-state index >= 15 is 0 Å². The molecule has 17 heavy (non-hydrogen) atoms. The Morgan fingerprint density at radius 2 is 1.94 bits per heavy atom. The summed E-state index contributed by atoms with van der Waals surface area (Å²) in [6.45, 7) is 3.71. The van der Waals surface area contributed by atoms with Crippen molar-refractivity contribution >= 4 is 5.69 Å². The molecule has 0 aliphatic carbocycles. The van der Waals surface area contributed by atoms with Gasteiger partial charge >= 0.3 is 0 Å². The van der Waals surface area contributed by atoms with Gasteiger partial charge in [0.2, 0.25) is 0 Å². The van der Waals surface area contributed by atoms with Crippen LogP contribution >= 0.6 is 0 Å². The summed E-state index contributed by atoms with van der Waals surface area (Å²) in [7, 11) is 2.25. The number of anilines is 1. The largest absolute Gasteiger partial charge is 0.399 e. The van der Waals surface area contributed by atoms with E-state index in [1.807, 2.05) is 12.1 Å². The van der Waals surface area contributed by atoms with Gasteiger partial charge in [0.05, 0.1) is 0 Å². The predicted molar refractivity (Wildman–Crippen MR) is 71.0 cm³/mol. The first kappa shape index (κ1) is 11.1. The maximum atomic E-state index is 5.69. The highest BCUT2D eigenvalue weighted by atomic mass is 15.3. The van der Waals surface area contributed by atoms with E-state index < -0.39 is 0 Å².